The Balaban J connectivity index is 3.51. The van der Waals surface area contributed by atoms with E-state index in [0.29, 0.717) is 12.1 Å². The largest absolute Gasteiger partial charge is 0.507 e. The molecule has 0 saturated carbocycles. The van der Waals surface area contributed by atoms with E-state index in [9.17, 15) is 23.3 Å². The van der Waals surface area contributed by atoms with E-state index in [1.165, 1.54) is 0 Å². The molecule has 1 aromatic carbocycles. The van der Waals surface area contributed by atoms with E-state index in [4.69, 9.17) is 16.7 Å². The monoisotopic (exact) mass is 241 g/mol. The van der Waals surface area contributed by atoms with Gasteiger partial charge in [-0.15, -0.1) is 0 Å². The summed E-state index contributed by atoms with van der Waals surface area (Å²) in [5, 5.41) is 18.1. The first-order chi connectivity index (χ1) is 6.75. The van der Waals surface area contributed by atoms with E-state index < -0.39 is 33.1 Å². The zero-order chi connectivity index (χ0) is 11.8. The fraction of sp³-hybridized carbons (Fsp3) is 0.143. The van der Waals surface area contributed by atoms with Crippen LogP contribution in [0.15, 0.2) is 12.1 Å². The number of alkyl halides is 3. The van der Waals surface area contributed by atoms with Crippen LogP contribution in [-0.4, -0.2) is 10.0 Å². The normalized spacial score (nSPS) is 11.5. The van der Waals surface area contributed by atoms with Crippen molar-refractivity contribution in [2.24, 2.45) is 0 Å². The Morgan fingerprint density at radius 2 is 1.93 bits per heavy atom. The third kappa shape index (κ3) is 2.12. The van der Waals surface area contributed by atoms with Crippen LogP contribution in [0.25, 0.3) is 0 Å². The number of hydrogen-bond donors (Lipinski definition) is 1. The van der Waals surface area contributed by atoms with Gasteiger partial charge in [-0.05, 0) is 6.07 Å². The van der Waals surface area contributed by atoms with E-state index in [2.05, 4.69) is 0 Å². The van der Waals surface area contributed by atoms with E-state index >= 15 is 0 Å². The van der Waals surface area contributed by atoms with Crippen LogP contribution in [0.5, 0.6) is 5.75 Å². The van der Waals surface area contributed by atoms with Crippen LogP contribution >= 0.6 is 11.6 Å². The molecule has 0 aliphatic carbocycles. The summed E-state index contributed by atoms with van der Waals surface area (Å²) in [7, 11) is 0. The number of phenols is 1. The van der Waals surface area contributed by atoms with Crippen molar-refractivity contribution in [1.82, 2.24) is 0 Å². The lowest BCUT2D eigenvalue weighted by Crippen LogP contribution is -2.07. The summed E-state index contributed by atoms with van der Waals surface area (Å²) < 4.78 is 36.9. The van der Waals surface area contributed by atoms with Crippen LogP contribution in [0, 0.1) is 10.1 Å². The maximum atomic E-state index is 12.3. The van der Waals surface area contributed by atoms with Gasteiger partial charge in [0.15, 0.2) is 0 Å². The van der Waals surface area contributed by atoms with Crippen LogP contribution in [0.2, 0.25) is 5.02 Å². The van der Waals surface area contributed by atoms with Crippen LogP contribution < -0.4 is 0 Å². The summed E-state index contributed by atoms with van der Waals surface area (Å²) in [6.07, 6.45) is -4.94. The van der Waals surface area contributed by atoms with E-state index in [0.717, 1.165) is 0 Å². The minimum atomic E-state index is -4.94. The molecule has 0 bridgehead atoms. The maximum absolute atomic E-state index is 12.3. The van der Waals surface area contributed by atoms with Gasteiger partial charge in [-0.25, -0.2) is 0 Å². The van der Waals surface area contributed by atoms with Gasteiger partial charge in [0, 0.05) is 6.07 Å². The van der Waals surface area contributed by atoms with Gasteiger partial charge in [0.25, 0.3) is 5.69 Å². The zero-order valence-corrected chi connectivity index (χ0v) is 7.63. The molecule has 1 N–H and O–H groups in total. The quantitative estimate of drug-likeness (QED) is 0.607. The predicted molar refractivity (Wildman–Crippen MR) is 44.8 cm³/mol. The van der Waals surface area contributed by atoms with Crippen LogP contribution in [0.4, 0.5) is 18.9 Å². The molecule has 0 amide bonds. The molecule has 0 heterocycles. The summed E-state index contributed by atoms with van der Waals surface area (Å²) in [6.45, 7) is 0. The minimum absolute atomic E-state index is 0.576. The number of benzene rings is 1. The van der Waals surface area contributed by atoms with Crippen LogP contribution in [-0.2, 0) is 6.18 Å². The molecule has 1 aromatic rings. The molecule has 1 rings (SSSR count). The molecule has 15 heavy (non-hydrogen) atoms. The Bertz CT molecular complexity index is 419. The average Bonchev–Trinajstić information content (AvgIpc) is 2.00. The summed E-state index contributed by atoms with van der Waals surface area (Å²) in [5.41, 5.74) is -2.50. The first-order valence-electron chi connectivity index (χ1n) is 3.48. The molecular formula is C7H3ClF3NO3. The molecular weight excluding hydrogens is 239 g/mol. The van der Waals surface area contributed by atoms with Crippen molar-refractivity contribution in [2.45, 2.75) is 6.18 Å². The maximum Gasteiger partial charge on any atom is 0.421 e. The van der Waals surface area contributed by atoms with Gasteiger partial charge < -0.3 is 5.11 Å². The van der Waals surface area contributed by atoms with Gasteiger partial charge in [-0.2, -0.15) is 13.2 Å². The summed E-state index contributed by atoms with van der Waals surface area (Å²) in [4.78, 5) is 9.23. The number of nitro benzene ring substituents is 1. The molecule has 0 radical (unpaired) electrons. The van der Waals surface area contributed by atoms with E-state index in [1.807, 2.05) is 0 Å². The van der Waals surface area contributed by atoms with E-state index in [1.54, 1.807) is 0 Å². The van der Waals surface area contributed by atoms with Gasteiger partial charge in [0.1, 0.15) is 16.3 Å². The molecule has 0 saturated heterocycles. The SMILES string of the molecule is O=[N+]([O-])c1ccc(O)c(C(F)(F)F)c1Cl. The minimum Gasteiger partial charge on any atom is -0.507 e. The smallest absolute Gasteiger partial charge is 0.421 e. The van der Waals surface area contributed by atoms with Gasteiger partial charge in [0.05, 0.1) is 4.92 Å². The second-order valence-corrected chi connectivity index (χ2v) is 2.93. The lowest BCUT2D eigenvalue weighted by atomic mass is 10.1. The first-order valence-corrected chi connectivity index (χ1v) is 3.86. The highest BCUT2D eigenvalue weighted by molar-refractivity contribution is 6.33. The van der Waals surface area contributed by atoms with E-state index in [-0.39, 0.29) is 0 Å². The second-order valence-electron chi connectivity index (χ2n) is 2.55. The lowest BCUT2D eigenvalue weighted by Gasteiger charge is -2.10. The standard InChI is InChI=1S/C7H3ClF3NO3/c8-6-3(12(14)15)1-2-4(13)5(6)7(9,10)11/h1-2,13H. The van der Waals surface area contributed by atoms with Gasteiger partial charge in [-0.3, -0.25) is 10.1 Å². The zero-order valence-electron chi connectivity index (χ0n) is 6.88. The fourth-order valence-electron chi connectivity index (χ4n) is 0.966. The van der Waals surface area contributed by atoms with Crippen molar-refractivity contribution in [3.8, 4) is 5.75 Å². The van der Waals surface area contributed by atoms with Crippen molar-refractivity contribution in [2.75, 3.05) is 0 Å². The molecule has 0 aliphatic heterocycles. The number of nitro groups is 1. The van der Waals surface area contributed by atoms with Crippen molar-refractivity contribution in [1.29, 1.82) is 0 Å². The van der Waals surface area contributed by atoms with Crippen LogP contribution in [0.1, 0.15) is 5.56 Å². The molecule has 4 nitrogen and oxygen atoms in total. The molecule has 0 unspecified atom stereocenters. The van der Waals surface area contributed by atoms with Gasteiger partial charge in [-0.1, -0.05) is 11.6 Å². The molecule has 0 spiro atoms. The highest BCUT2D eigenvalue weighted by Gasteiger charge is 2.39. The Hall–Kier alpha value is -1.50. The van der Waals surface area contributed by atoms with Crippen molar-refractivity contribution in [3.05, 3.63) is 32.8 Å². The van der Waals surface area contributed by atoms with Crippen molar-refractivity contribution < 1.29 is 23.2 Å². The number of hydrogen-bond acceptors (Lipinski definition) is 3. The highest BCUT2D eigenvalue weighted by atomic mass is 35.5. The molecule has 82 valence electrons. The van der Waals surface area contributed by atoms with Gasteiger partial charge >= 0.3 is 6.18 Å². The third-order valence-corrected chi connectivity index (χ3v) is 1.96. The number of halogens is 4. The average molecular weight is 242 g/mol. The second kappa shape index (κ2) is 3.58. The molecule has 0 aromatic heterocycles. The lowest BCUT2D eigenvalue weighted by molar-refractivity contribution is -0.385. The molecule has 8 heteroatoms. The number of aromatic hydroxyl groups is 1. The van der Waals surface area contributed by atoms with Crippen molar-refractivity contribution in [3.63, 3.8) is 0 Å². The highest BCUT2D eigenvalue weighted by Crippen LogP contribution is 2.44. The van der Waals surface area contributed by atoms with Crippen molar-refractivity contribution >= 4 is 17.3 Å². The van der Waals surface area contributed by atoms with Crippen LogP contribution in [0.3, 0.4) is 0 Å². The predicted octanol–water partition coefficient (Wildman–Crippen LogP) is 2.97. The molecule has 0 atom stereocenters. The van der Waals surface area contributed by atoms with Gasteiger partial charge in [0.2, 0.25) is 0 Å². The number of phenolic OH excluding ortho intramolecular Hbond substituents is 1. The summed E-state index contributed by atoms with van der Waals surface area (Å²) in [6, 6.07) is 1.28. The topological polar surface area (TPSA) is 63.4 Å². The Labute approximate surface area is 86.0 Å². The Morgan fingerprint density at radius 1 is 1.40 bits per heavy atom. The molecule has 0 fully saturated rings. The number of nitrogens with zero attached hydrogens (tertiary/aromatic N) is 1. The Kier molecular flexibility index (Phi) is 2.76. The number of rotatable bonds is 1. The third-order valence-electron chi connectivity index (χ3n) is 1.58. The summed E-state index contributed by atoms with van der Waals surface area (Å²) in [5.74, 6) is -1.14. The Morgan fingerprint density at radius 3 is 2.33 bits per heavy atom. The first kappa shape index (κ1) is 11.6. The summed E-state index contributed by atoms with van der Waals surface area (Å²) >= 11 is 5.17. The fourth-order valence-corrected chi connectivity index (χ4v) is 1.30. The molecule has 0 aliphatic rings.